The van der Waals surface area contributed by atoms with Gasteiger partial charge in [0.1, 0.15) is 5.75 Å². The fraction of sp³-hybridized carbons (Fsp3) is 0.308. The number of nitrogens with one attached hydrogen (secondary N) is 2. The first-order valence-corrected chi connectivity index (χ1v) is 8.10. The summed E-state index contributed by atoms with van der Waals surface area (Å²) in [5.74, 6) is 1.50. The number of ether oxygens (including phenoxy) is 1. The summed E-state index contributed by atoms with van der Waals surface area (Å²) in [7, 11) is 1.63. The predicted octanol–water partition coefficient (Wildman–Crippen LogP) is 2.52. The lowest BCUT2D eigenvalue weighted by atomic mass is 10.3. The Hall–Kier alpha value is -1.80. The van der Waals surface area contributed by atoms with Crippen LogP contribution in [0.4, 0.5) is 10.8 Å². The number of amides is 1. The third-order valence-corrected chi connectivity index (χ3v) is 4.43. The van der Waals surface area contributed by atoms with Gasteiger partial charge in [-0.25, -0.2) is 0 Å². The van der Waals surface area contributed by atoms with Crippen molar-refractivity contribution in [2.45, 2.75) is 11.3 Å². The van der Waals surface area contributed by atoms with Crippen LogP contribution >= 0.6 is 23.1 Å². The van der Waals surface area contributed by atoms with Crippen LogP contribution in [0.2, 0.25) is 0 Å². The predicted molar refractivity (Wildman–Crippen MR) is 85.6 cm³/mol. The van der Waals surface area contributed by atoms with Gasteiger partial charge in [-0.05, 0) is 12.1 Å². The molecule has 1 aromatic heterocycles. The Kier molecular flexibility index (Phi) is 5.82. The summed E-state index contributed by atoms with van der Waals surface area (Å²) in [6, 6.07) is 7.64. The fourth-order valence-electron chi connectivity index (χ4n) is 1.55. The molecule has 2 aromatic rings. The van der Waals surface area contributed by atoms with Gasteiger partial charge >= 0.3 is 0 Å². The Labute approximate surface area is 131 Å². The van der Waals surface area contributed by atoms with Gasteiger partial charge in [-0.2, -0.15) is 0 Å². The zero-order valence-electron chi connectivity index (χ0n) is 11.8. The zero-order valence-corrected chi connectivity index (χ0v) is 13.4. The van der Waals surface area contributed by atoms with Gasteiger partial charge in [0, 0.05) is 19.2 Å². The topological polar surface area (TPSA) is 76.1 Å². The molecule has 0 fully saturated rings. The van der Waals surface area contributed by atoms with E-state index in [1.165, 1.54) is 18.3 Å². The number of hydrogen-bond donors (Lipinski definition) is 2. The van der Waals surface area contributed by atoms with Crippen LogP contribution in [0, 0.1) is 0 Å². The zero-order chi connectivity index (χ0) is 15.1. The molecule has 0 saturated carbocycles. The summed E-state index contributed by atoms with van der Waals surface area (Å²) >= 11 is 3.03. The highest BCUT2D eigenvalue weighted by Crippen LogP contribution is 2.31. The van der Waals surface area contributed by atoms with Crippen molar-refractivity contribution in [3.63, 3.8) is 0 Å². The number of rotatable bonds is 7. The molecule has 0 unspecified atom stereocenters. The molecule has 0 spiro atoms. The van der Waals surface area contributed by atoms with Gasteiger partial charge in [-0.3, -0.25) is 4.79 Å². The summed E-state index contributed by atoms with van der Waals surface area (Å²) < 4.78 is 6.13. The Bertz CT molecular complexity index is 603. The van der Waals surface area contributed by atoms with Gasteiger partial charge < -0.3 is 15.4 Å². The Morgan fingerprint density at radius 1 is 1.38 bits per heavy atom. The van der Waals surface area contributed by atoms with Crippen molar-refractivity contribution in [3.05, 3.63) is 24.3 Å². The van der Waals surface area contributed by atoms with E-state index in [-0.39, 0.29) is 5.91 Å². The van der Waals surface area contributed by atoms with Crippen molar-refractivity contribution in [2.24, 2.45) is 0 Å². The van der Waals surface area contributed by atoms with E-state index in [0.717, 1.165) is 21.5 Å². The maximum atomic E-state index is 10.8. The highest BCUT2D eigenvalue weighted by atomic mass is 32.2. The van der Waals surface area contributed by atoms with E-state index in [4.69, 9.17) is 4.74 Å². The Morgan fingerprint density at radius 2 is 2.19 bits per heavy atom. The second-order valence-electron chi connectivity index (χ2n) is 4.03. The van der Waals surface area contributed by atoms with Crippen LogP contribution in [0.5, 0.6) is 5.75 Å². The molecule has 112 valence electrons. The summed E-state index contributed by atoms with van der Waals surface area (Å²) in [6.07, 6.45) is 0. The van der Waals surface area contributed by atoms with Crippen molar-refractivity contribution in [2.75, 3.05) is 24.7 Å². The minimum Gasteiger partial charge on any atom is -0.495 e. The molecule has 0 radical (unpaired) electrons. The van der Waals surface area contributed by atoms with Crippen molar-refractivity contribution >= 4 is 39.8 Å². The maximum Gasteiger partial charge on any atom is 0.216 e. The molecule has 0 aliphatic heterocycles. The molecular formula is C13H16N4O2S2. The highest BCUT2D eigenvalue weighted by molar-refractivity contribution is 8.01. The molecule has 0 bridgehead atoms. The lowest BCUT2D eigenvalue weighted by Gasteiger charge is -2.07. The van der Waals surface area contributed by atoms with Crippen LogP contribution in [0.15, 0.2) is 28.6 Å². The lowest BCUT2D eigenvalue weighted by Crippen LogP contribution is -2.22. The summed E-state index contributed by atoms with van der Waals surface area (Å²) in [5.41, 5.74) is 0.853. The number of benzene rings is 1. The van der Waals surface area contributed by atoms with Crippen molar-refractivity contribution in [1.29, 1.82) is 0 Å². The van der Waals surface area contributed by atoms with E-state index in [2.05, 4.69) is 20.8 Å². The van der Waals surface area contributed by atoms with Gasteiger partial charge in [0.25, 0.3) is 0 Å². The van der Waals surface area contributed by atoms with Crippen LogP contribution in [-0.2, 0) is 4.79 Å². The SMILES string of the molecule is COc1ccccc1Nc1nnc(SCCNC(C)=O)s1. The molecule has 21 heavy (non-hydrogen) atoms. The molecule has 0 aliphatic carbocycles. The van der Waals surface area contributed by atoms with Gasteiger partial charge in [0.05, 0.1) is 12.8 Å². The van der Waals surface area contributed by atoms with E-state index in [9.17, 15) is 4.79 Å². The van der Waals surface area contributed by atoms with Crippen molar-refractivity contribution in [1.82, 2.24) is 15.5 Å². The van der Waals surface area contributed by atoms with Crippen LogP contribution in [0.1, 0.15) is 6.92 Å². The first kappa shape index (κ1) is 15.6. The van der Waals surface area contributed by atoms with E-state index < -0.39 is 0 Å². The van der Waals surface area contributed by atoms with Gasteiger partial charge in [-0.15, -0.1) is 10.2 Å². The van der Waals surface area contributed by atoms with E-state index >= 15 is 0 Å². The fourth-order valence-corrected chi connectivity index (χ4v) is 3.24. The molecule has 1 aromatic carbocycles. The van der Waals surface area contributed by atoms with Gasteiger partial charge in [0.2, 0.25) is 11.0 Å². The molecule has 6 nitrogen and oxygen atoms in total. The number of hydrogen-bond acceptors (Lipinski definition) is 7. The van der Waals surface area contributed by atoms with Gasteiger partial charge in [-0.1, -0.05) is 35.2 Å². The monoisotopic (exact) mass is 324 g/mol. The van der Waals surface area contributed by atoms with Crippen molar-refractivity contribution < 1.29 is 9.53 Å². The largest absolute Gasteiger partial charge is 0.495 e. The number of thioether (sulfide) groups is 1. The number of carbonyl (C=O) groups is 1. The van der Waals surface area contributed by atoms with Crippen LogP contribution in [0.3, 0.4) is 0 Å². The van der Waals surface area contributed by atoms with E-state index in [1.807, 2.05) is 24.3 Å². The molecule has 8 heteroatoms. The third kappa shape index (κ3) is 4.91. The van der Waals surface area contributed by atoms with E-state index in [1.54, 1.807) is 18.9 Å². The van der Waals surface area contributed by atoms with Crippen LogP contribution < -0.4 is 15.4 Å². The quantitative estimate of drug-likeness (QED) is 0.602. The number of carbonyl (C=O) groups excluding carboxylic acids is 1. The first-order chi connectivity index (χ1) is 10.2. The number of para-hydroxylation sites is 2. The molecule has 2 N–H and O–H groups in total. The van der Waals surface area contributed by atoms with Gasteiger partial charge in [0.15, 0.2) is 4.34 Å². The molecule has 2 rings (SSSR count). The molecular weight excluding hydrogens is 308 g/mol. The summed E-state index contributed by atoms with van der Waals surface area (Å²) in [4.78, 5) is 10.8. The Balaban J connectivity index is 1.89. The third-order valence-electron chi connectivity index (χ3n) is 2.46. The molecule has 1 amide bonds. The molecule has 0 atom stereocenters. The number of nitrogens with zero attached hydrogens (tertiary/aromatic N) is 2. The molecule has 0 aliphatic rings. The molecule has 1 heterocycles. The van der Waals surface area contributed by atoms with Crippen LogP contribution in [0.25, 0.3) is 0 Å². The summed E-state index contributed by atoms with van der Waals surface area (Å²) in [5, 5.41) is 14.8. The number of methoxy groups -OCH3 is 1. The molecule has 0 saturated heterocycles. The average molecular weight is 324 g/mol. The minimum atomic E-state index is -0.0219. The van der Waals surface area contributed by atoms with E-state index in [0.29, 0.717) is 11.7 Å². The minimum absolute atomic E-state index is 0.0219. The van der Waals surface area contributed by atoms with Crippen molar-refractivity contribution in [3.8, 4) is 5.75 Å². The smallest absolute Gasteiger partial charge is 0.216 e. The highest BCUT2D eigenvalue weighted by Gasteiger charge is 2.07. The maximum absolute atomic E-state index is 10.8. The summed E-state index contributed by atoms with van der Waals surface area (Å²) in [6.45, 7) is 2.12. The number of anilines is 2. The normalized spacial score (nSPS) is 10.2. The van der Waals surface area contributed by atoms with Crippen LogP contribution in [-0.4, -0.2) is 35.5 Å². The second kappa shape index (κ2) is 7.84. The number of aromatic nitrogens is 2. The average Bonchev–Trinajstić information content (AvgIpc) is 2.91. The second-order valence-corrected chi connectivity index (χ2v) is 6.35. The lowest BCUT2D eigenvalue weighted by molar-refractivity contribution is -0.118. The Morgan fingerprint density at radius 3 is 2.95 bits per heavy atom. The standard InChI is InChI=1S/C13H16N4O2S2/c1-9(18)14-7-8-20-13-17-16-12(21-13)15-10-5-3-4-6-11(10)19-2/h3-6H,7-8H2,1-2H3,(H,14,18)(H,15,16). The first-order valence-electron chi connectivity index (χ1n) is 6.30.